The van der Waals surface area contributed by atoms with E-state index in [1.807, 2.05) is 0 Å². The lowest BCUT2D eigenvalue weighted by Gasteiger charge is -2.29. The average Bonchev–Trinajstić information content (AvgIpc) is 3.03. The molecule has 6 unspecified atom stereocenters. The summed E-state index contributed by atoms with van der Waals surface area (Å²) in [6, 6.07) is 0.292. The number of ether oxygens (including phenoxy) is 1. The number of hydrogen-bond acceptors (Lipinski definition) is 3. The van der Waals surface area contributed by atoms with Gasteiger partial charge >= 0.3 is 0 Å². The van der Waals surface area contributed by atoms with Crippen molar-refractivity contribution < 1.29 is 9.53 Å². The first-order valence-corrected chi connectivity index (χ1v) is 7.29. The molecule has 0 radical (unpaired) electrons. The minimum absolute atomic E-state index is 0.0573. The van der Waals surface area contributed by atoms with Crippen LogP contribution in [0.2, 0.25) is 0 Å². The maximum Gasteiger partial charge on any atom is 0.225 e. The van der Waals surface area contributed by atoms with E-state index in [0.29, 0.717) is 11.8 Å². The predicted molar refractivity (Wildman–Crippen MR) is 68.9 cm³/mol. The zero-order chi connectivity index (χ0) is 12.7. The second-order valence-electron chi connectivity index (χ2n) is 6.26. The molecule has 0 spiro atoms. The summed E-state index contributed by atoms with van der Waals surface area (Å²) in [6.45, 7) is 0. The summed E-state index contributed by atoms with van der Waals surface area (Å²) < 4.78 is 5.43. The Balaban J connectivity index is 1.61. The fourth-order valence-corrected chi connectivity index (χ4v) is 4.38. The number of amides is 1. The molecule has 6 atom stereocenters. The van der Waals surface area contributed by atoms with Gasteiger partial charge in [0.1, 0.15) is 0 Å². The Morgan fingerprint density at radius 2 is 2.00 bits per heavy atom. The molecule has 1 amide bonds. The number of rotatable bonds is 3. The Morgan fingerprint density at radius 1 is 1.22 bits per heavy atom. The maximum atomic E-state index is 12.4. The molecule has 3 saturated carbocycles. The van der Waals surface area contributed by atoms with E-state index < -0.39 is 0 Å². The highest BCUT2D eigenvalue weighted by Crippen LogP contribution is 2.47. The van der Waals surface area contributed by atoms with Gasteiger partial charge < -0.3 is 15.8 Å². The van der Waals surface area contributed by atoms with E-state index in [-0.39, 0.29) is 30.0 Å². The van der Waals surface area contributed by atoms with Crippen molar-refractivity contribution in [3.8, 4) is 0 Å². The van der Waals surface area contributed by atoms with Gasteiger partial charge in [-0.15, -0.1) is 0 Å². The van der Waals surface area contributed by atoms with Crippen LogP contribution in [0.5, 0.6) is 0 Å². The summed E-state index contributed by atoms with van der Waals surface area (Å²) >= 11 is 0. The van der Waals surface area contributed by atoms with Crippen molar-refractivity contribution >= 4 is 5.91 Å². The lowest BCUT2D eigenvalue weighted by molar-refractivity contribution is -0.128. The Kier molecular flexibility index (Phi) is 3.32. The van der Waals surface area contributed by atoms with Gasteiger partial charge in [0.05, 0.1) is 18.1 Å². The molecule has 3 aliphatic rings. The topological polar surface area (TPSA) is 64.3 Å². The van der Waals surface area contributed by atoms with Gasteiger partial charge in [-0.1, -0.05) is 0 Å². The third-order valence-corrected chi connectivity index (χ3v) is 5.37. The van der Waals surface area contributed by atoms with Gasteiger partial charge in [0.2, 0.25) is 5.91 Å². The number of carbonyl (C=O) groups is 1. The molecule has 4 heteroatoms. The van der Waals surface area contributed by atoms with E-state index in [2.05, 4.69) is 5.32 Å². The number of nitrogens with two attached hydrogens (primary N) is 1. The first-order chi connectivity index (χ1) is 8.70. The van der Waals surface area contributed by atoms with Crippen LogP contribution in [0.1, 0.15) is 38.5 Å². The molecule has 0 aliphatic heterocycles. The predicted octanol–water partition coefficient (Wildman–Crippen LogP) is 1.04. The molecule has 0 aromatic rings. The maximum absolute atomic E-state index is 12.4. The molecule has 4 nitrogen and oxygen atoms in total. The third-order valence-electron chi connectivity index (χ3n) is 5.37. The largest absolute Gasteiger partial charge is 0.379 e. The van der Waals surface area contributed by atoms with Gasteiger partial charge in [0.15, 0.2) is 0 Å². The monoisotopic (exact) mass is 252 g/mol. The van der Waals surface area contributed by atoms with E-state index in [4.69, 9.17) is 10.5 Å². The van der Waals surface area contributed by atoms with Crippen LogP contribution in [-0.2, 0) is 9.53 Å². The molecule has 102 valence electrons. The summed E-state index contributed by atoms with van der Waals surface area (Å²) in [5.41, 5.74) is 6.21. The van der Waals surface area contributed by atoms with Gasteiger partial charge in [0.25, 0.3) is 0 Å². The highest BCUT2D eigenvalue weighted by Gasteiger charge is 2.49. The molecule has 2 bridgehead atoms. The Morgan fingerprint density at radius 3 is 2.67 bits per heavy atom. The lowest BCUT2D eigenvalue weighted by atomic mass is 9.84. The second-order valence-corrected chi connectivity index (χ2v) is 6.26. The zero-order valence-electron chi connectivity index (χ0n) is 11.1. The Bertz CT molecular complexity index is 332. The van der Waals surface area contributed by atoms with Crippen molar-refractivity contribution in [3.05, 3.63) is 0 Å². The number of nitrogens with one attached hydrogen (secondary N) is 1. The second kappa shape index (κ2) is 4.82. The van der Waals surface area contributed by atoms with Gasteiger partial charge in [-0.05, 0) is 50.4 Å². The SMILES string of the molecule is COC1CCCC1NC(=O)C1C2CCC(C2)C1N. The Hall–Kier alpha value is -0.610. The standard InChI is InChI=1S/C14H24N2O2/c1-18-11-4-2-3-10(11)16-14(17)12-8-5-6-9(7-8)13(12)15/h8-13H,2-7,15H2,1H3,(H,16,17). The van der Waals surface area contributed by atoms with E-state index >= 15 is 0 Å². The minimum atomic E-state index is 0.0573. The van der Waals surface area contributed by atoms with E-state index in [9.17, 15) is 4.79 Å². The molecular formula is C14H24N2O2. The van der Waals surface area contributed by atoms with Crippen LogP contribution < -0.4 is 11.1 Å². The minimum Gasteiger partial charge on any atom is -0.379 e. The highest BCUT2D eigenvalue weighted by atomic mass is 16.5. The summed E-state index contributed by atoms with van der Waals surface area (Å²) in [7, 11) is 1.73. The van der Waals surface area contributed by atoms with Crippen molar-refractivity contribution in [2.24, 2.45) is 23.5 Å². The fourth-order valence-electron chi connectivity index (χ4n) is 4.38. The Labute approximate surface area is 109 Å². The number of fused-ring (bicyclic) bond motifs is 2. The summed E-state index contributed by atoms with van der Waals surface area (Å²) in [5, 5.41) is 3.19. The molecule has 0 saturated heterocycles. The zero-order valence-corrected chi connectivity index (χ0v) is 11.1. The van der Waals surface area contributed by atoms with Gasteiger partial charge in [0, 0.05) is 13.2 Å². The molecule has 0 aromatic carbocycles. The number of carbonyl (C=O) groups excluding carboxylic acids is 1. The smallest absolute Gasteiger partial charge is 0.225 e. The molecule has 3 fully saturated rings. The van der Waals surface area contributed by atoms with Crippen LogP contribution in [-0.4, -0.2) is 31.2 Å². The van der Waals surface area contributed by atoms with Gasteiger partial charge in [-0.3, -0.25) is 4.79 Å². The van der Waals surface area contributed by atoms with E-state index in [0.717, 1.165) is 25.7 Å². The van der Waals surface area contributed by atoms with E-state index in [1.54, 1.807) is 7.11 Å². The van der Waals surface area contributed by atoms with Crippen LogP contribution in [0, 0.1) is 17.8 Å². The first kappa shape index (κ1) is 12.4. The molecule has 0 heterocycles. The third kappa shape index (κ3) is 1.95. The number of methoxy groups -OCH3 is 1. The molecule has 3 N–H and O–H groups in total. The normalized spacial score (nSPS) is 46.6. The quantitative estimate of drug-likeness (QED) is 0.789. The van der Waals surface area contributed by atoms with Gasteiger partial charge in [-0.2, -0.15) is 0 Å². The molecule has 3 aliphatic carbocycles. The first-order valence-electron chi connectivity index (χ1n) is 7.29. The fraction of sp³-hybridized carbons (Fsp3) is 0.929. The summed E-state index contributed by atoms with van der Waals surface area (Å²) in [4.78, 5) is 12.4. The lowest BCUT2D eigenvalue weighted by Crippen LogP contribution is -2.50. The number of hydrogen-bond donors (Lipinski definition) is 2. The van der Waals surface area contributed by atoms with Crippen LogP contribution in [0.25, 0.3) is 0 Å². The van der Waals surface area contributed by atoms with Crippen molar-refractivity contribution in [1.29, 1.82) is 0 Å². The van der Waals surface area contributed by atoms with E-state index in [1.165, 1.54) is 12.8 Å². The van der Waals surface area contributed by atoms with Crippen LogP contribution in [0.15, 0.2) is 0 Å². The highest BCUT2D eigenvalue weighted by molar-refractivity contribution is 5.80. The molecule has 0 aromatic heterocycles. The summed E-state index contributed by atoms with van der Waals surface area (Å²) in [6.07, 6.45) is 7.02. The van der Waals surface area contributed by atoms with Crippen molar-refractivity contribution in [2.45, 2.75) is 56.7 Å². The molecule has 18 heavy (non-hydrogen) atoms. The van der Waals surface area contributed by atoms with Crippen molar-refractivity contribution in [2.75, 3.05) is 7.11 Å². The molecular weight excluding hydrogens is 228 g/mol. The molecule has 3 rings (SSSR count). The van der Waals surface area contributed by atoms with Crippen molar-refractivity contribution in [3.63, 3.8) is 0 Å². The van der Waals surface area contributed by atoms with Crippen molar-refractivity contribution in [1.82, 2.24) is 5.32 Å². The van der Waals surface area contributed by atoms with Crippen LogP contribution in [0.3, 0.4) is 0 Å². The van der Waals surface area contributed by atoms with Crippen LogP contribution in [0.4, 0.5) is 0 Å². The summed E-state index contributed by atoms with van der Waals surface area (Å²) in [5.74, 6) is 1.37. The average molecular weight is 252 g/mol. The van der Waals surface area contributed by atoms with Gasteiger partial charge in [-0.25, -0.2) is 0 Å². The van der Waals surface area contributed by atoms with Crippen LogP contribution >= 0.6 is 0 Å².